The van der Waals surface area contributed by atoms with Gasteiger partial charge in [-0.25, -0.2) is 15.0 Å². The van der Waals surface area contributed by atoms with Crippen LogP contribution in [0.5, 0.6) is 0 Å². The van der Waals surface area contributed by atoms with Crippen LogP contribution >= 0.6 is 0 Å². The Hall–Kier alpha value is -6.59. The summed E-state index contributed by atoms with van der Waals surface area (Å²) in [5, 5.41) is 6.40. The molecule has 7 aromatic carbocycles. The van der Waals surface area contributed by atoms with Gasteiger partial charge in [-0.15, -0.1) is 0 Å². The van der Waals surface area contributed by atoms with Crippen molar-refractivity contribution in [3.05, 3.63) is 152 Å². The number of nitrogens with zero attached hydrogens (tertiary/aromatic N) is 3. The minimum absolute atomic E-state index is 0.575. The zero-order chi connectivity index (χ0) is 31.6. The number of hydrogen-bond acceptors (Lipinski definition) is 5. The maximum absolute atomic E-state index is 6.61. The molecule has 0 unspecified atom stereocenters. The van der Waals surface area contributed by atoms with Crippen LogP contribution in [0.4, 0.5) is 0 Å². The Labute approximate surface area is 274 Å². The molecule has 0 aliphatic rings. The highest BCUT2D eigenvalue weighted by molar-refractivity contribution is 6.17. The lowest BCUT2D eigenvalue weighted by Crippen LogP contribution is -2.01. The highest BCUT2D eigenvalue weighted by Crippen LogP contribution is 2.44. The van der Waals surface area contributed by atoms with E-state index in [0.29, 0.717) is 17.5 Å². The van der Waals surface area contributed by atoms with Gasteiger partial charge in [-0.2, -0.15) is 0 Å². The van der Waals surface area contributed by atoms with Crippen LogP contribution in [0.15, 0.2) is 160 Å². The second kappa shape index (κ2) is 10.5. The Balaban J connectivity index is 1.28. The molecule has 0 aliphatic heterocycles. The standard InChI is InChI=1S/C43H25N3O2/c1-3-12-27(13-4-1)41-44-42(28-14-5-2-6-15-28)46-43(45-41)39-30(23-24-36-38(39)34-17-9-10-18-35(34)47-36)29-20-21-32-33-22-19-26-11-7-8-16-31(26)40(33)48-37(32)25-29/h1-25H. The van der Waals surface area contributed by atoms with E-state index in [1.165, 1.54) is 0 Å². The van der Waals surface area contributed by atoms with Gasteiger partial charge in [0.2, 0.25) is 0 Å². The maximum atomic E-state index is 6.61. The first-order valence-electron chi connectivity index (χ1n) is 15.9. The summed E-state index contributed by atoms with van der Waals surface area (Å²) in [6.07, 6.45) is 0. The fourth-order valence-corrected chi connectivity index (χ4v) is 6.88. The number of aromatic nitrogens is 3. The van der Waals surface area contributed by atoms with Crippen molar-refractivity contribution >= 4 is 54.6 Å². The molecular formula is C43H25N3O2. The molecule has 48 heavy (non-hydrogen) atoms. The second-order valence-corrected chi connectivity index (χ2v) is 12.0. The largest absolute Gasteiger partial charge is 0.456 e. The Kier molecular flexibility index (Phi) is 5.81. The van der Waals surface area contributed by atoms with Crippen LogP contribution in [0.25, 0.3) is 99.9 Å². The van der Waals surface area contributed by atoms with Gasteiger partial charge < -0.3 is 8.83 Å². The van der Waals surface area contributed by atoms with Crippen LogP contribution in [0.2, 0.25) is 0 Å². The Morgan fingerprint density at radius 2 is 1.02 bits per heavy atom. The number of fused-ring (bicyclic) bond motifs is 8. The fourth-order valence-electron chi connectivity index (χ4n) is 6.88. The normalized spacial score (nSPS) is 11.8. The lowest BCUT2D eigenvalue weighted by molar-refractivity contribution is 0.669. The quantitative estimate of drug-likeness (QED) is 0.197. The van der Waals surface area contributed by atoms with Gasteiger partial charge in [-0.05, 0) is 52.9 Å². The molecule has 10 aromatic rings. The second-order valence-electron chi connectivity index (χ2n) is 12.0. The van der Waals surface area contributed by atoms with Gasteiger partial charge in [-0.1, -0.05) is 115 Å². The van der Waals surface area contributed by atoms with E-state index < -0.39 is 0 Å². The number of rotatable bonds is 4. The van der Waals surface area contributed by atoms with Crippen molar-refractivity contribution in [1.82, 2.24) is 15.0 Å². The monoisotopic (exact) mass is 615 g/mol. The van der Waals surface area contributed by atoms with Crippen molar-refractivity contribution in [1.29, 1.82) is 0 Å². The van der Waals surface area contributed by atoms with Crippen LogP contribution < -0.4 is 0 Å². The summed E-state index contributed by atoms with van der Waals surface area (Å²) >= 11 is 0. The lowest BCUT2D eigenvalue weighted by Gasteiger charge is -2.13. The first-order chi connectivity index (χ1) is 23.8. The summed E-state index contributed by atoms with van der Waals surface area (Å²) in [5.41, 5.74) is 8.00. The van der Waals surface area contributed by atoms with Crippen LogP contribution in [-0.4, -0.2) is 15.0 Å². The third-order valence-electron chi connectivity index (χ3n) is 9.14. The predicted octanol–water partition coefficient (Wildman–Crippen LogP) is 11.5. The molecule has 0 fully saturated rings. The number of hydrogen-bond donors (Lipinski definition) is 0. The summed E-state index contributed by atoms with van der Waals surface area (Å²) < 4.78 is 13.0. The molecule has 0 amide bonds. The molecule has 0 radical (unpaired) electrons. The topological polar surface area (TPSA) is 65.0 Å². The van der Waals surface area contributed by atoms with Crippen LogP contribution in [0, 0.1) is 0 Å². The summed E-state index contributed by atoms with van der Waals surface area (Å²) in [7, 11) is 0. The fraction of sp³-hybridized carbons (Fsp3) is 0. The van der Waals surface area contributed by atoms with Crippen molar-refractivity contribution < 1.29 is 8.83 Å². The van der Waals surface area contributed by atoms with E-state index in [-0.39, 0.29) is 0 Å². The van der Waals surface area contributed by atoms with Crippen LogP contribution in [0.3, 0.4) is 0 Å². The smallest absolute Gasteiger partial charge is 0.165 e. The molecule has 0 bridgehead atoms. The molecule has 3 heterocycles. The van der Waals surface area contributed by atoms with Crippen molar-refractivity contribution in [2.75, 3.05) is 0 Å². The first kappa shape index (κ1) is 26.6. The van der Waals surface area contributed by atoms with Gasteiger partial charge in [-0.3, -0.25) is 0 Å². The molecule has 10 rings (SSSR count). The van der Waals surface area contributed by atoms with E-state index in [9.17, 15) is 0 Å². The Morgan fingerprint density at radius 1 is 0.375 bits per heavy atom. The number of benzene rings is 7. The SMILES string of the molecule is c1ccc(-c2nc(-c3ccccc3)nc(-c3c(-c4ccc5c(c4)oc4c6ccccc6ccc54)ccc4oc5ccccc5c34)n2)cc1. The summed E-state index contributed by atoms with van der Waals surface area (Å²) in [6.45, 7) is 0. The van der Waals surface area contributed by atoms with Crippen molar-refractivity contribution in [2.24, 2.45) is 0 Å². The van der Waals surface area contributed by atoms with Crippen molar-refractivity contribution in [3.8, 4) is 45.3 Å². The molecule has 3 aromatic heterocycles. The molecule has 0 atom stereocenters. The molecule has 0 aliphatic carbocycles. The number of furan rings is 2. The Bertz CT molecular complexity index is 2780. The molecule has 0 saturated carbocycles. The first-order valence-corrected chi connectivity index (χ1v) is 15.9. The summed E-state index contributed by atoms with van der Waals surface area (Å²) in [5.74, 6) is 1.79. The van der Waals surface area contributed by atoms with Gasteiger partial charge in [0.15, 0.2) is 17.5 Å². The summed E-state index contributed by atoms with van der Waals surface area (Å²) in [4.78, 5) is 15.3. The van der Waals surface area contributed by atoms with E-state index in [1.807, 2.05) is 84.9 Å². The molecular weight excluding hydrogens is 590 g/mol. The lowest BCUT2D eigenvalue weighted by atomic mass is 9.94. The molecule has 0 spiro atoms. The van der Waals surface area contributed by atoms with Crippen LogP contribution in [-0.2, 0) is 0 Å². The zero-order valence-corrected chi connectivity index (χ0v) is 25.6. The van der Waals surface area contributed by atoms with E-state index in [4.69, 9.17) is 23.8 Å². The van der Waals surface area contributed by atoms with Crippen LogP contribution in [0.1, 0.15) is 0 Å². The van der Waals surface area contributed by atoms with E-state index in [2.05, 4.69) is 66.7 Å². The van der Waals surface area contributed by atoms with E-state index >= 15 is 0 Å². The van der Waals surface area contributed by atoms with E-state index in [0.717, 1.165) is 82.5 Å². The highest BCUT2D eigenvalue weighted by Gasteiger charge is 2.22. The zero-order valence-electron chi connectivity index (χ0n) is 25.6. The Morgan fingerprint density at radius 3 is 1.79 bits per heavy atom. The average Bonchev–Trinajstić information content (AvgIpc) is 3.73. The van der Waals surface area contributed by atoms with Gasteiger partial charge in [0.05, 0.1) is 0 Å². The highest BCUT2D eigenvalue weighted by atomic mass is 16.3. The average molecular weight is 616 g/mol. The predicted molar refractivity (Wildman–Crippen MR) is 194 cm³/mol. The maximum Gasteiger partial charge on any atom is 0.165 e. The van der Waals surface area contributed by atoms with Gasteiger partial charge in [0.1, 0.15) is 22.3 Å². The third-order valence-corrected chi connectivity index (χ3v) is 9.14. The van der Waals surface area contributed by atoms with Gasteiger partial charge in [0, 0.05) is 43.6 Å². The molecule has 0 saturated heterocycles. The van der Waals surface area contributed by atoms with Crippen molar-refractivity contribution in [2.45, 2.75) is 0 Å². The number of para-hydroxylation sites is 1. The molecule has 0 N–H and O–H groups in total. The van der Waals surface area contributed by atoms with E-state index in [1.54, 1.807) is 0 Å². The van der Waals surface area contributed by atoms with Crippen molar-refractivity contribution in [3.63, 3.8) is 0 Å². The minimum atomic E-state index is 0.575. The van der Waals surface area contributed by atoms with Gasteiger partial charge in [0.25, 0.3) is 0 Å². The molecule has 224 valence electrons. The minimum Gasteiger partial charge on any atom is -0.456 e. The molecule has 5 heteroatoms. The third kappa shape index (κ3) is 4.15. The molecule has 5 nitrogen and oxygen atoms in total. The van der Waals surface area contributed by atoms with Gasteiger partial charge >= 0.3 is 0 Å². The summed E-state index contributed by atoms with van der Waals surface area (Å²) in [6, 6.07) is 51.5.